The normalized spacial score (nSPS) is 15.2. The second-order valence-corrected chi connectivity index (χ2v) is 18.1. The summed E-state index contributed by atoms with van der Waals surface area (Å²) < 4.78 is 23.6. The number of nitrogens with zero attached hydrogens (tertiary/aromatic N) is 1. The van der Waals surface area contributed by atoms with E-state index in [1.165, 1.54) is 23.6 Å². The number of hydrogen-bond donors (Lipinski definition) is 1. The zero-order valence-electron chi connectivity index (χ0n) is 27.1. The Morgan fingerprint density at radius 3 is 2.51 bits per heavy atom. The minimum Gasteiger partial charge on any atom is -0.493 e. The van der Waals surface area contributed by atoms with E-state index in [0.717, 1.165) is 5.56 Å². The Balaban J connectivity index is 1.70. The van der Waals surface area contributed by atoms with Gasteiger partial charge in [-0.25, -0.2) is 4.79 Å². The van der Waals surface area contributed by atoms with Crippen molar-refractivity contribution in [2.45, 2.75) is 58.0 Å². The van der Waals surface area contributed by atoms with Crippen LogP contribution in [0.25, 0.3) is 5.57 Å². The van der Waals surface area contributed by atoms with E-state index in [4.69, 9.17) is 18.6 Å². The molecule has 0 radical (unpaired) electrons. The molecule has 0 fully saturated rings. The van der Waals surface area contributed by atoms with Crippen LogP contribution < -0.4 is 14.8 Å². The van der Waals surface area contributed by atoms with E-state index in [0.29, 0.717) is 31.1 Å². The van der Waals surface area contributed by atoms with E-state index in [1.807, 2.05) is 41.3 Å². The first-order valence-corrected chi connectivity index (χ1v) is 18.8. The molecule has 0 unspecified atom stereocenters. The predicted molar refractivity (Wildman–Crippen MR) is 184 cm³/mol. The molecule has 10 heteroatoms. The lowest BCUT2D eigenvalue weighted by Gasteiger charge is -2.40. The van der Waals surface area contributed by atoms with Crippen molar-refractivity contribution in [3.63, 3.8) is 0 Å². The molecule has 0 aliphatic carbocycles. The number of carbonyl (C=O) groups excluding carboxylic acids is 2. The molecule has 2 aromatic carbocycles. The van der Waals surface area contributed by atoms with Crippen molar-refractivity contribution >= 4 is 42.9 Å². The number of ether oxygens (including phenoxy) is 3. The number of thiophene rings is 1. The average molecular weight is 649 g/mol. The van der Waals surface area contributed by atoms with Gasteiger partial charge in [-0.2, -0.15) is 0 Å². The summed E-state index contributed by atoms with van der Waals surface area (Å²) in [7, 11) is -0.584. The Bertz CT molecular complexity index is 1500. The highest BCUT2D eigenvalue weighted by molar-refractivity contribution is 7.11. The van der Waals surface area contributed by atoms with Gasteiger partial charge < -0.3 is 23.5 Å². The van der Waals surface area contributed by atoms with Crippen LogP contribution in [0.2, 0.25) is 18.1 Å². The van der Waals surface area contributed by atoms with Gasteiger partial charge in [0.15, 0.2) is 19.8 Å². The highest BCUT2D eigenvalue weighted by Crippen LogP contribution is 2.39. The van der Waals surface area contributed by atoms with Gasteiger partial charge in [0, 0.05) is 17.5 Å². The van der Waals surface area contributed by atoms with Gasteiger partial charge in [-0.3, -0.25) is 10.1 Å². The summed E-state index contributed by atoms with van der Waals surface area (Å²) in [5.41, 5.74) is 2.69. The fourth-order valence-electron chi connectivity index (χ4n) is 4.66. The molecule has 1 aliphatic heterocycles. The smallest absolute Gasteiger partial charge is 0.411 e. The molecule has 2 heterocycles. The largest absolute Gasteiger partial charge is 0.493 e. The Morgan fingerprint density at radius 2 is 1.87 bits per heavy atom. The molecule has 4 rings (SSSR count). The van der Waals surface area contributed by atoms with Gasteiger partial charge in [-0.05, 0) is 53.2 Å². The Hall–Kier alpha value is -3.86. The molecule has 2 amide bonds. The van der Waals surface area contributed by atoms with Crippen LogP contribution in [0.5, 0.6) is 11.5 Å². The molecule has 3 aromatic rings. The summed E-state index contributed by atoms with van der Waals surface area (Å²) in [5.74, 6) is 0.501. The highest BCUT2D eigenvalue weighted by Gasteiger charge is 2.39. The lowest BCUT2D eigenvalue weighted by atomic mass is 9.99. The van der Waals surface area contributed by atoms with Crippen molar-refractivity contribution in [2.24, 2.45) is 0 Å². The molecule has 45 heavy (non-hydrogen) atoms. The number of methoxy groups -OCH3 is 1. The van der Waals surface area contributed by atoms with Crippen LogP contribution >= 0.6 is 11.3 Å². The summed E-state index contributed by atoms with van der Waals surface area (Å²) in [5, 5.41) is 4.83. The number of rotatable bonds is 12. The second kappa shape index (κ2) is 14.9. The van der Waals surface area contributed by atoms with Crippen LogP contribution in [0.4, 0.5) is 10.5 Å². The standard InChI is InChI=1S/C35H44N2O6SSi/c1-8-18-41-34(39)36-29-22-31(42-23-25-13-10-9-11-14-25)30(40-5)21-28(29)33(38)37-17-16-26(32-15-12-19-44-32)20-27(37)24-43-45(6,7)35(2,3)4/h8-15,19-22,27H,1,16-18,23-24H2,2-7H3,(H,36,39)/t27-/m0/s1. The first-order valence-electron chi connectivity index (χ1n) is 15.1. The summed E-state index contributed by atoms with van der Waals surface area (Å²) in [6.45, 7) is 15.8. The van der Waals surface area contributed by atoms with Crippen LogP contribution in [-0.2, 0) is 15.8 Å². The minimum atomic E-state index is -2.11. The van der Waals surface area contributed by atoms with Gasteiger partial charge in [-0.15, -0.1) is 11.3 Å². The number of benzene rings is 2. The minimum absolute atomic E-state index is 0.0165. The van der Waals surface area contributed by atoms with Crippen LogP contribution in [0.15, 0.2) is 78.7 Å². The fraction of sp³-hybridized carbons (Fsp3) is 0.371. The molecule has 0 bridgehead atoms. The highest BCUT2D eigenvalue weighted by atomic mass is 32.1. The predicted octanol–water partition coefficient (Wildman–Crippen LogP) is 8.39. The summed E-state index contributed by atoms with van der Waals surface area (Å²) in [4.78, 5) is 30.2. The van der Waals surface area contributed by atoms with Gasteiger partial charge in [0.2, 0.25) is 0 Å². The van der Waals surface area contributed by atoms with Crippen molar-refractivity contribution in [3.05, 3.63) is 94.7 Å². The zero-order valence-corrected chi connectivity index (χ0v) is 28.9. The average Bonchev–Trinajstić information content (AvgIpc) is 3.57. The van der Waals surface area contributed by atoms with E-state index in [-0.39, 0.29) is 41.5 Å². The SMILES string of the molecule is C=CCOC(=O)Nc1cc(OCc2ccccc2)c(OC)cc1C(=O)N1CCC(c2cccs2)=C[C@H]1CO[Si](C)(C)C(C)(C)C. The molecule has 0 spiro atoms. The maximum atomic E-state index is 14.5. The van der Waals surface area contributed by atoms with Gasteiger partial charge in [0.25, 0.3) is 5.91 Å². The summed E-state index contributed by atoms with van der Waals surface area (Å²) in [6, 6.07) is 16.8. The van der Waals surface area contributed by atoms with E-state index in [2.05, 4.69) is 63.3 Å². The Labute approximate surface area is 271 Å². The maximum absolute atomic E-state index is 14.5. The lowest BCUT2D eigenvalue weighted by Crippen LogP contribution is -2.49. The van der Waals surface area contributed by atoms with Gasteiger partial charge in [0.1, 0.15) is 13.2 Å². The maximum Gasteiger partial charge on any atom is 0.411 e. The molecule has 240 valence electrons. The number of amides is 2. The monoisotopic (exact) mass is 648 g/mol. The fourth-order valence-corrected chi connectivity index (χ4v) is 6.47. The molecule has 1 aliphatic rings. The third-order valence-electron chi connectivity index (χ3n) is 8.28. The second-order valence-electron chi connectivity index (χ2n) is 12.4. The Kier molecular flexibility index (Phi) is 11.3. The van der Waals surface area contributed by atoms with Crippen molar-refractivity contribution in [1.82, 2.24) is 4.90 Å². The van der Waals surface area contributed by atoms with Crippen molar-refractivity contribution in [1.29, 1.82) is 0 Å². The number of hydrogen-bond acceptors (Lipinski definition) is 7. The van der Waals surface area contributed by atoms with Gasteiger partial charge >= 0.3 is 6.09 Å². The third kappa shape index (κ3) is 8.65. The quantitative estimate of drug-likeness (QED) is 0.157. The first-order chi connectivity index (χ1) is 21.4. The van der Waals surface area contributed by atoms with Crippen LogP contribution in [-0.4, -0.2) is 58.1 Å². The van der Waals surface area contributed by atoms with E-state index in [9.17, 15) is 9.59 Å². The van der Waals surface area contributed by atoms with Crippen LogP contribution in [0.1, 0.15) is 48.0 Å². The van der Waals surface area contributed by atoms with Crippen LogP contribution in [0.3, 0.4) is 0 Å². The summed E-state index contributed by atoms with van der Waals surface area (Å²) >= 11 is 1.69. The van der Waals surface area contributed by atoms with Gasteiger partial charge in [-0.1, -0.05) is 75.9 Å². The van der Waals surface area contributed by atoms with E-state index in [1.54, 1.807) is 23.5 Å². The molecule has 8 nitrogen and oxygen atoms in total. The Morgan fingerprint density at radius 1 is 1.11 bits per heavy atom. The van der Waals surface area contributed by atoms with Crippen molar-refractivity contribution < 1.29 is 28.2 Å². The topological polar surface area (TPSA) is 86.3 Å². The molecule has 0 saturated carbocycles. The van der Waals surface area contributed by atoms with E-state index >= 15 is 0 Å². The molecule has 1 aromatic heterocycles. The lowest BCUT2D eigenvalue weighted by molar-refractivity contribution is 0.0655. The molecular weight excluding hydrogens is 605 g/mol. The first kappa shape index (κ1) is 34.0. The molecule has 1 atom stereocenters. The molecular formula is C35H44N2O6SSi. The van der Waals surface area contributed by atoms with Crippen molar-refractivity contribution in [2.75, 3.05) is 32.2 Å². The van der Waals surface area contributed by atoms with Gasteiger partial charge in [0.05, 0.1) is 31.0 Å². The number of anilines is 1. The number of carbonyl (C=O) groups is 2. The summed E-state index contributed by atoms with van der Waals surface area (Å²) in [6.07, 6.45) is 3.62. The molecule has 0 saturated heterocycles. The van der Waals surface area contributed by atoms with Crippen molar-refractivity contribution in [3.8, 4) is 11.5 Å². The third-order valence-corrected chi connectivity index (χ3v) is 13.7. The van der Waals surface area contributed by atoms with E-state index < -0.39 is 14.4 Å². The molecule has 1 N–H and O–H groups in total. The van der Waals surface area contributed by atoms with Crippen LogP contribution in [0, 0.1) is 0 Å². The zero-order chi connectivity index (χ0) is 32.6. The number of nitrogens with one attached hydrogen (secondary N) is 1.